The summed E-state index contributed by atoms with van der Waals surface area (Å²) in [5, 5.41) is 26.4. The molecule has 0 fully saturated rings. The van der Waals surface area contributed by atoms with Crippen LogP contribution in [0.1, 0.15) is 67.2 Å². The topological polar surface area (TPSA) is 200 Å². The number of nitrogens with two attached hydrogens (primary N) is 2. The van der Waals surface area contributed by atoms with Crippen molar-refractivity contribution in [3.8, 4) is 0 Å². The van der Waals surface area contributed by atoms with Crippen LogP contribution in [0.25, 0.3) is 0 Å². The van der Waals surface area contributed by atoms with Crippen LogP contribution in [0.15, 0.2) is 88.9 Å². The van der Waals surface area contributed by atoms with Gasteiger partial charge in [0.15, 0.2) is 12.6 Å². The molecular formula is C33H58ClN7O7. The molecule has 0 amide bonds. The van der Waals surface area contributed by atoms with E-state index in [9.17, 15) is 20.0 Å². The van der Waals surface area contributed by atoms with Crippen molar-refractivity contribution in [3.05, 3.63) is 93.9 Å². The predicted octanol–water partition coefficient (Wildman–Crippen LogP) is 5.30. The van der Waals surface area contributed by atoms with Gasteiger partial charge < -0.3 is 40.9 Å². The Morgan fingerprint density at radius 3 is 2.23 bits per heavy atom. The van der Waals surface area contributed by atoms with Crippen LogP contribution < -0.4 is 22.4 Å². The molecule has 0 saturated heterocycles. The van der Waals surface area contributed by atoms with Crippen molar-refractivity contribution >= 4 is 23.4 Å². The molecule has 274 valence electrons. The normalized spacial score (nSPS) is 14.3. The average molecular weight is 700 g/mol. The molecule has 0 radical (unpaired) electrons. The Hall–Kier alpha value is -4.11. The van der Waals surface area contributed by atoms with Gasteiger partial charge in [-0.1, -0.05) is 120 Å². The number of aliphatic hydroxyl groups excluding tert-OH is 1. The molecule has 0 saturated carbocycles. The highest BCUT2D eigenvalue weighted by molar-refractivity contribution is 6.29. The summed E-state index contributed by atoms with van der Waals surface area (Å²) in [4.78, 5) is 28.7. The van der Waals surface area contributed by atoms with Crippen molar-refractivity contribution < 1.29 is 29.3 Å². The molecular weight excluding hydrogens is 642 g/mol. The van der Waals surface area contributed by atoms with E-state index in [0.717, 1.165) is 5.57 Å². The van der Waals surface area contributed by atoms with Gasteiger partial charge in [0.05, 0.1) is 5.92 Å². The number of likely N-dealkylation sites (N-methyl/N-ethyl adjacent to an activating group) is 1. The third kappa shape index (κ3) is 26.0. The van der Waals surface area contributed by atoms with E-state index in [1.165, 1.54) is 19.8 Å². The van der Waals surface area contributed by atoms with E-state index in [-0.39, 0.29) is 17.3 Å². The SMILES string of the molecule is C=CC(/C=C/C=C\C=C\C(=N\N)NN)=C\C=C\CN(C)/C(=C(/Cl)NC)C(O)OCOC(=O)C(C)CCC(C)O[N+](=O)[O-].CC.CCCC. The first-order chi connectivity index (χ1) is 22.9. The van der Waals surface area contributed by atoms with Crippen LogP contribution in [0, 0.1) is 16.0 Å². The minimum atomic E-state index is -1.50. The van der Waals surface area contributed by atoms with E-state index in [0.29, 0.717) is 18.8 Å². The number of halogens is 1. The Morgan fingerprint density at radius 1 is 1.12 bits per heavy atom. The van der Waals surface area contributed by atoms with E-state index in [1.54, 1.807) is 56.3 Å². The molecule has 15 heteroatoms. The average Bonchev–Trinajstić information content (AvgIpc) is 3.08. The molecule has 0 bridgehead atoms. The Balaban J connectivity index is -0.00000312. The van der Waals surface area contributed by atoms with Crippen molar-refractivity contribution in [1.29, 1.82) is 0 Å². The number of hydrazone groups is 1. The molecule has 0 aliphatic carbocycles. The van der Waals surface area contributed by atoms with Gasteiger partial charge in [-0.2, -0.15) is 5.10 Å². The lowest BCUT2D eigenvalue weighted by molar-refractivity contribution is -0.767. The van der Waals surface area contributed by atoms with Crippen LogP contribution in [0.2, 0.25) is 0 Å². The molecule has 48 heavy (non-hydrogen) atoms. The zero-order valence-corrected chi connectivity index (χ0v) is 30.5. The van der Waals surface area contributed by atoms with Crippen molar-refractivity contribution in [3.63, 3.8) is 0 Å². The van der Waals surface area contributed by atoms with Gasteiger partial charge in [0.25, 0.3) is 5.09 Å². The zero-order chi connectivity index (χ0) is 37.3. The third-order valence-corrected chi connectivity index (χ3v) is 6.28. The minimum absolute atomic E-state index is 0.135. The summed E-state index contributed by atoms with van der Waals surface area (Å²) in [6.45, 7) is 15.1. The molecule has 3 unspecified atom stereocenters. The first kappa shape index (κ1) is 48.3. The summed E-state index contributed by atoms with van der Waals surface area (Å²) in [5.41, 5.74) is 3.40. The van der Waals surface area contributed by atoms with Gasteiger partial charge in [0.1, 0.15) is 17.0 Å². The summed E-state index contributed by atoms with van der Waals surface area (Å²) >= 11 is 6.26. The lowest BCUT2D eigenvalue weighted by Crippen LogP contribution is -2.32. The molecule has 0 heterocycles. The van der Waals surface area contributed by atoms with Gasteiger partial charge in [-0.25, -0.2) is 5.84 Å². The van der Waals surface area contributed by atoms with E-state index >= 15 is 0 Å². The first-order valence-electron chi connectivity index (χ1n) is 15.7. The number of nitrogens with one attached hydrogen (secondary N) is 2. The fourth-order valence-corrected chi connectivity index (χ4v) is 3.27. The standard InChI is InChI=1S/C27H42ClN7O7.C4H10.C2H6/c1-6-22(13-9-7-8-10-15-23(32-29)33-30)14-11-12-18-34(5)24(25(28)31-4)27(37)41-19-40-26(36)20(2)16-17-21(3)42-35(38)39;1-3-4-2;1-2/h6-15,20-21,27,31,37H,1,16-19,29-30H2,2-5H3,(H,32,33);3-4H2,1-2H3;1-2H3/b8-7-,12-11+,13-9+,15-10+,22-14+,25-24-;;. The van der Waals surface area contributed by atoms with Crippen LogP contribution in [-0.4, -0.2) is 66.7 Å². The van der Waals surface area contributed by atoms with Crippen LogP contribution in [0.4, 0.5) is 0 Å². The third-order valence-electron chi connectivity index (χ3n) is 5.89. The fourth-order valence-electron chi connectivity index (χ4n) is 3.03. The van der Waals surface area contributed by atoms with Crippen LogP contribution in [-0.2, 0) is 19.1 Å². The minimum Gasteiger partial charge on any atom is -0.438 e. The van der Waals surface area contributed by atoms with E-state index in [2.05, 4.69) is 41.1 Å². The molecule has 0 aromatic rings. The molecule has 0 aromatic heterocycles. The molecule has 0 aliphatic rings. The van der Waals surface area contributed by atoms with E-state index < -0.39 is 36.2 Å². The van der Waals surface area contributed by atoms with Crippen LogP contribution in [0.5, 0.6) is 0 Å². The molecule has 3 atom stereocenters. The highest BCUT2D eigenvalue weighted by atomic mass is 35.5. The van der Waals surface area contributed by atoms with Crippen molar-refractivity contribution in [2.24, 2.45) is 22.7 Å². The van der Waals surface area contributed by atoms with Crippen LogP contribution in [0.3, 0.4) is 0 Å². The molecule has 0 rings (SSSR count). The van der Waals surface area contributed by atoms with Gasteiger partial charge in [0, 0.05) is 20.6 Å². The number of amidine groups is 1. The maximum atomic E-state index is 12.2. The summed E-state index contributed by atoms with van der Waals surface area (Å²) < 4.78 is 10.4. The Bertz CT molecular complexity index is 1100. The number of hydrazine groups is 1. The number of carbonyl (C=O) groups excluding carboxylic acids is 1. The number of carbonyl (C=O) groups is 1. The molecule has 14 nitrogen and oxygen atoms in total. The Kier molecular flexibility index (Phi) is 33.0. The fraction of sp³-hybridized carbons (Fsp3) is 0.515. The Morgan fingerprint density at radius 2 is 1.73 bits per heavy atom. The highest BCUT2D eigenvalue weighted by Gasteiger charge is 2.22. The number of unbranched alkanes of at least 4 members (excludes halogenated alkanes) is 1. The molecule has 0 spiro atoms. The summed E-state index contributed by atoms with van der Waals surface area (Å²) in [6, 6.07) is 0. The van der Waals surface area contributed by atoms with Crippen molar-refractivity contribution in [2.45, 2.75) is 79.6 Å². The summed E-state index contributed by atoms with van der Waals surface area (Å²) in [7, 11) is 3.28. The van der Waals surface area contributed by atoms with Gasteiger partial charge in [-0.05, 0) is 31.4 Å². The van der Waals surface area contributed by atoms with Gasteiger partial charge in [-0.15, -0.1) is 10.1 Å². The highest BCUT2D eigenvalue weighted by Crippen LogP contribution is 2.17. The number of nitrogens with zero attached hydrogens (tertiary/aromatic N) is 3. The second kappa shape index (κ2) is 32.8. The van der Waals surface area contributed by atoms with Crippen molar-refractivity contribution in [2.75, 3.05) is 27.4 Å². The maximum absolute atomic E-state index is 12.2. The number of hydrogen-bond acceptors (Lipinski definition) is 12. The quantitative estimate of drug-likeness (QED) is 0.0119. The zero-order valence-electron chi connectivity index (χ0n) is 29.7. The van der Waals surface area contributed by atoms with Gasteiger partial charge >= 0.3 is 5.97 Å². The lowest BCUT2D eigenvalue weighted by Gasteiger charge is -2.26. The molecule has 7 N–H and O–H groups in total. The molecule has 0 aliphatic heterocycles. The maximum Gasteiger partial charge on any atom is 0.310 e. The lowest BCUT2D eigenvalue weighted by atomic mass is 10.0. The molecule has 0 aromatic carbocycles. The smallest absolute Gasteiger partial charge is 0.310 e. The number of esters is 1. The number of allylic oxidation sites excluding steroid dienone is 9. The second-order valence-corrected chi connectivity index (χ2v) is 9.99. The predicted molar refractivity (Wildman–Crippen MR) is 194 cm³/mol. The number of rotatable bonds is 21. The Labute approximate surface area is 291 Å². The second-order valence-electron chi connectivity index (χ2n) is 9.61. The van der Waals surface area contributed by atoms with Crippen molar-refractivity contribution in [1.82, 2.24) is 15.6 Å². The summed E-state index contributed by atoms with van der Waals surface area (Å²) in [5.74, 6) is 9.57. The first-order valence-corrected chi connectivity index (χ1v) is 16.1. The number of hydrogen-bond donors (Lipinski definition) is 5. The largest absolute Gasteiger partial charge is 0.438 e. The van der Waals surface area contributed by atoms with Gasteiger partial charge in [0.2, 0.25) is 6.29 Å². The number of aliphatic hydroxyl groups is 1. The van der Waals surface area contributed by atoms with Crippen LogP contribution >= 0.6 is 11.6 Å². The summed E-state index contributed by atoms with van der Waals surface area (Å²) in [6.07, 6.45) is 18.9. The number of ether oxygens (including phenoxy) is 2. The monoisotopic (exact) mass is 699 g/mol. The van der Waals surface area contributed by atoms with E-state index in [1.807, 2.05) is 44.2 Å². The van der Waals surface area contributed by atoms with Gasteiger partial charge in [-0.3, -0.25) is 4.79 Å². The van der Waals surface area contributed by atoms with E-state index in [4.69, 9.17) is 32.8 Å².